The molecule has 0 atom stereocenters. The number of hydrogen-bond donors (Lipinski definition) is 0. The van der Waals surface area contributed by atoms with Gasteiger partial charge in [0, 0.05) is 0 Å². The van der Waals surface area contributed by atoms with Gasteiger partial charge in [0.05, 0.1) is 23.7 Å². The van der Waals surface area contributed by atoms with Crippen molar-refractivity contribution in [3.05, 3.63) is 0 Å². The molecule has 0 amide bonds. The van der Waals surface area contributed by atoms with E-state index < -0.39 is 0 Å². The smallest absolute Gasteiger partial charge is 1.00 e. The van der Waals surface area contributed by atoms with Crippen LogP contribution in [0.2, 0.25) is 0 Å². The fourth-order valence-electron chi connectivity index (χ4n) is 0. The minimum absolute atomic E-state index is 0. The Morgan fingerprint density at radius 3 is 1.40 bits per heavy atom. The SMILES string of the molecule is ClOCl.S.[H-].[H-].[Mg+2]. The first-order valence-corrected chi connectivity index (χ1v) is 0.926. The van der Waals surface area contributed by atoms with Crippen LogP contribution in [-0.2, 0) is 3.84 Å². The predicted octanol–water partition coefficient (Wildman–Crippen LogP) is 1.27. The fraction of sp³-hybridized carbons (Fsp3) is 0. The molecule has 5 heteroatoms. The third-order valence-corrected chi connectivity index (χ3v) is 0. The quantitative estimate of drug-likeness (QED) is 0.469. The monoisotopic (exact) mass is 146 g/mol. The van der Waals surface area contributed by atoms with Gasteiger partial charge in [-0.2, -0.15) is 17.3 Å². The Morgan fingerprint density at radius 1 is 1.40 bits per heavy atom. The molecule has 0 rings (SSSR count). The van der Waals surface area contributed by atoms with Gasteiger partial charge < -0.3 is 2.85 Å². The van der Waals surface area contributed by atoms with Crippen LogP contribution in [0.5, 0.6) is 0 Å². The summed E-state index contributed by atoms with van der Waals surface area (Å²) < 4.78 is 3.19. The van der Waals surface area contributed by atoms with Crippen molar-refractivity contribution in [1.82, 2.24) is 0 Å². The van der Waals surface area contributed by atoms with Crippen LogP contribution in [0.4, 0.5) is 0 Å². The zero-order valence-corrected chi connectivity index (χ0v) is 6.30. The van der Waals surface area contributed by atoms with Gasteiger partial charge in [0.25, 0.3) is 0 Å². The van der Waals surface area contributed by atoms with Gasteiger partial charge in [-0.05, 0) is 0 Å². The number of hydrogen-bond acceptors (Lipinski definition) is 1. The number of halogens is 2. The van der Waals surface area contributed by atoms with Crippen LogP contribution < -0.4 is 0 Å². The predicted molar refractivity (Wildman–Crippen MR) is 31.1 cm³/mol. The minimum atomic E-state index is 0. The molecular formula is H4Cl2MgOS. The van der Waals surface area contributed by atoms with Crippen LogP contribution in [0.3, 0.4) is 0 Å². The molecule has 0 aliphatic rings. The van der Waals surface area contributed by atoms with Crippen molar-refractivity contribution in [1.29, 1.82) is 0 Å². The van der Waals surface area contributed by atoms with E-state index in [4.69, 9.17) is 0 Å². The summed E-state index contributed by atoms with van der Waals surface area (Å²) in [6.45, 7) is 0. The molecule has 0 aromatic heterocycles. The van der Waals surface area contributed by atoms with Crippen LogP contribution in [0.1, 0.15) is 2.85 Å². The van der Waals surface area contributed by atoms with Crippen molar-refractivity contribution < 1.29 is 6.70 Å². The van der Waals surface area contributed by atoms with E-state index >= 15 is 0 Å². The maximum Gasteiger partial charge on any atom is 2.00 e. The summed E-state index contributed by atoms with van der Waals surface area (Å²) in [5.41, 5.74) is 0. The Hall–Kier alpha value is 1.66. The van der Waals surface area contributed by atoms with Crippen LogP contribution >= 0.6 is 37.2 Å². The van der Waals surface area contributed by atoms with Gasteiger partial charge in [-0.1, -0.05) is 0 Å². The van der Waals surface area contributed by atoms with Gasteiger partial charge in [0.15, 0.2) is 0 Å². The molecule has 0 N–H and O–H groups in total. The number of rotatable bonds is 0. The Balaban J connectivity index is -0.00000000333. The van der Waals surface area contributed by atoms with Crippen molar-refractivity contribution in [2.75, 3.05) is 0 Å². The van der Waals surface area contributed by atoms with Crippen molar-refractivity contribution >= 4 is 60.3 Å². The molecule has 32 valence electrons. The molecule has 0 aromatic carbocycles. The molecule has 0 unspecified atom stereocenters. The summed E-state index contributed by atoms with van der Waals surface area (Å²) in [7, 11) is 0. The molecule has 0 aliphatic carbocycles. The standard InChI is InChI=1S/Cl2O.Mg.H2S.2H/c1-3-2;;;;/h;;1H2;;/q;+2;;2*-1. The van der Waals surface area contributed by atoms with Gasteiger partial charge >= 0.3 is 23.1 Å². The first-order chi connectivity index (χ1) is 1.41. The molecule has 0 aromatic rings. The molecule has 1 nitrogen and oxygen atoms in total. The molecule has 0 saturated heterocycles. The van der Waals surface area contributed by atoms with Gasteiger partial charge in [-0.25, -0.2) is 0 Å². The summed E-state index contributed by atoms with van der Waals surface area (Å²) in [4.78, 5) is 0. The molecule has 0 bridgehead atoms. The molecule has 0 heterocycles. The third-order valence-electron chi connectivity index (χ3n) is 0. The maximum absolute atomic E-state index is 4.26. The molecule has 5 heavy (non-hydrogen) atoms. The van der Waals surface area contributed by atoms with E-state index in [-0.39, 0.29) is 39.4 Å². The molecular weight excluding hydrogens is 143 g/mol. The first-order valence-electron chi connectivity index (χ1n) is 0.309. The average molecular weight is 147 g/mol. The summed E-state index contributed by atoms with van der Waals surface area (Å²) in [6, 6.07) is 0. The van der Waals surface area contributed by atoms with Crippen molar-refractivity contribution in [2.24, 2.45) is 0 Å². The second-order valence-corrected chi connectivity index (χ2v) is 0.525. The van der Waals surface area contributed by atoms with Crippen LogP contribution in [0.15, 0.2) is 0 Å². The van der Waals surface area contributed by atoms with E-state index in [1.807, 2.05) is 0 Å². The molecule has 0 saturated carbocycles. The fourth-order valence-corrected chi connectivity index (χ4v) is 0. The van der Waals surface area contributed by atoms with Gasteiger partial charge in [-0.3, -0.25) is 0 Å². The zero-order valence-electron chi connectivity index (χ0n) is 4.37. The largest absolute Gasteiger partial charge is 2.00 e. The topological polar surface area (TPSA) is 9.23 Å². The van der Waals surface area contributed by atoms with E-state index in [0.717, 1.165) is 0 Å². The molecule has 0 radical (unpaired) electrons. The van der Waals surface area contributed by atoms with Crippen molar-refractivity contribution in [2.45, 2.75) is 0 Å². The van der Waals surface area contributed by atoms with E-state index in [2.05, 4.69) is 27.6 Å². The van der Waals surface area contributed by atoms with E-state index in [1.54, 1.807) is 0 Å². The normalized spacial score (nSPS) is 3.60. The second-order valence-electron chi connectivity index (χ2n) is 0.0583. The van der Waals surface area contributed by atoms with Gasteiger partial charge in [0.1, 0.15) is 0 Å². The Labute approximate surface area is 66.9 Å². The maximum atomic E-state index is 4.26. The average Bonchev–Trinajstić information content (AvgIpc) is 0.918. The van der Waals surface area contributed by atoms with E-state index in [0.29, 0.717) is 0 Å². The van der Waals surface area contributed by atoms with E-state index in [9.17, 15) is 0 Å². The van der Waals surface area contributed by atoms with Crippen LogP contribution in [0.25, 0.3) is 0 Å². The van der Waals surface area contributed by atoms with Crippen LogP contribution in [0, 0.1) is 0 Å². The zero-order chi connectivity index (χ0) is 2.71. The molecule has 0 spiro atoms. The Bertz CT molecular complexity index is 15.7. The minimum Gasteiger partial charge on any atom is -1.00 e. The first kappa shape index (κ1) is 15.9. The van der Waals surface area contributed by atoms with Crippen molar-refractivity contribution in [3.8, 4) is 0 Å². The van der Waals surface area contributed by atoms with Crippen molar-refractivity contribution in [3.63, 3.8) is 0 Å². The van der Waals surface area contributed by atoms with Gasteiger partial charge in [0.2, 0.25) is 0 Å². The Morgan fingerprint density at radius 2 is 1.40 bits per heavy atom. The van der Waals surface area contributed by atoms with Gasteiger partial charge in [-0.15, -0.1) is 0 Å². The second kappa shape index (κ2) is 17.4. The molecule has 0 fully saturated rings. The summed E-state index contributed by atoms with van der Waals surface area (Å²) in [5, 5.41) is 0. The van der Waals surface area contributed by atoms with Crippen LogP contribution in [-0.4, -0.2) is 23.1 Å². The summed E-state index contributed by atoms with van der Waals surface area (Å²) >= 11 is 8.53. The Kier molecular flexibility index (Phi) is 55.4. The summed E-state index contributed by atoms with van der Waals surface area (Å²) in [6.07, 6.45) is 0. The third kappa shape index (κ3) is 27.6. The summed E-state index contributed by atoms with van der Waals surface area (Å²) in [5.74, 6) is 0. The van der Waals surface area contributed by atoms with E-state index in [1.165, 1.54) is 0 Å². The molecule has 0 aliphatic heterocycles.